The highest BCUT2D eigenvalue weighted by Crippen LogP contribution is 2.30. The van der Waals surface area contributed by atoms with E-state index in [0.717, 1.165) is 11.0 Å². The number of rotatable bonds is 3. The lowest BCUT2D eigenvalue weighted by Gasteiger charge is -2.20. The van der Waals surface area contributed by atoms with Gasteiger partial charge >= 0.3 is 12.0 Å². The van der Waals surface area contributed by atoms with Crippen molar-refractivity contribution in [1.82, 2.24) is 19.8 Å². The van der Waals surface area contributed by atoms with Crippen LogP contribution >= 0.6 is 11.6 Å². The fourth-order valence-corrected chi connectivity index (χ4v) is 3.30. The Morgan fingerprint density at radius 2 is 2.21 bits per heavy atom. The van der Waals surface area contributed by atoms with Crippen molar-refractivity contribution in [3.8, 4) is 0 Å². The molecule has 1 saturated heterocycles. The number of nitrogens with zero attached hydrogens (tertiary/aromatic N) is 3. The van der Waals surface area contributed by atoms with Crippen LogP contribution in [0, 0.1) is 5.41 Å². The van der Waals surface area contributed by atoms with Gasteiger partial charge in [0.2, 0.25) is 0 Å². The van der Waals surface area contributed by atoms with Crippen molar-refractivity contribution < 1.29 is 14.7 Å². The fourth-order valence-electron chi connectivity index (χ4n) is 3.00. The quantitative estimate of drug-likeness (QED) is 0.888. The molecule has 2 aromatic rings. The van der Waals surface area contributed by atoms with Crippen LogP contribution in [0.2, 0.25) is 5.02 Å². The van der Waals surface area contributed by atoms with Crippen molar-refractivity contribution in [2.75, 3.05) is 13.1 Å². The van der Waals surface area contributed by atoms with Gasteiger partial charge in [0.25, 0.3) is 0 Å². The Hall–Kier alpha value is -2.28. The molecule has 3 rings (SSSR count). The average Bonchev–Trinajstić information content (AvgIpc) is 3.08. The summed E-state index contributed by atoms with van der Waals surface area (Å²) in [7, 11) is 1.85. The van der Waals surface area contributed by atoms with Crippen molar-refractivity contribution in [2.45, 2.75) is 19.9 Å². The van der Waals surface area contributed by atoms with E-state index < -0.39 is 11.4 Å². The number of imidazole rings is 1. The van der Waals surface area contributed by atoms with E-state index in [1.165, 1.54) is 4.90 Å². The van der Waals surface area contributed by atoms with Crippen molar-refractivity contribution in [1.29, 1.82) is 0 Å². The molecular formula is C16H19ClN4O3. The van der Waals surface area contributed by atoms with E-state index >= 15 is 0 Å². The molecule has 1 unspecified atom stereocenters. The summed E-state index contributed by atoms with van der Waals surface area (Å²) < 4.78 is 1.85. The summed E-state index contributed by atoms with van der Waals surface area (Å²) >= 11 is 6.19. The second-order valence-corrected chi connectivity index (χ2v) is 6.80. The van der Waals surface area contributed by atoms with E-state index in [1.54, 1.807) is 13.0 Å². The Labute approximate surface area is 144 Å². The van der Waals surface area contributed by atoms with Crippen molar-refractivity contribution >= 4 is 34.6 Å². The predicted molar refractivity (Wildman–Crippen MR) is 89.9 cm³/mol. The molecule has 8 heteroatoms. The number of urea groups is 1. The number of benzene rings is 1. The average molecular weight is 351 g/mol. The number of likely N-dealkylation sites (tertiary alicyclic amines) is 1. The first-order valence-corrected chi connectivity index (χ1v) is 8.05. The first kappa shape index (κ1) is 16.6. The van der Waals surface area contributed by atoms with E-state index in [2.05, 4.69) is 10.3 Å². The van der Waals surface area contributed by atoms with Gasteiger partial charge in [0.15, 0.2) is 0 Å². The Balaban J connectivity index is 1.68. The minimum absolute atomic E-state index is 0.211. The molecule has 1 aromatic carbocycles. The molecule has 1 atom stereocenters. The predicted octanol–water partition coefficient (Wildman–Crippen LogP) is 2.23. The first-order chi connectivity index (χ1) is 11.3. The zero-order valence-electron chi connectivity index (χ0n) is 13.5. The summed E-state index contributed by atoms with van der Waals surface area (Å²) in [6, 6.07) is 5.21. The van der Waals surface area contributed by atoms with Crippen LogP contribution in [0.15, 0.2) is 18.2 Å². The van der Waals surface area contributed by atoms with Gasteiger partial charge in [-0.2, -0.15) is 0 Å². The molecule has 0 radical (unpaired) electrons. The van der Waals surface area contributed by atoms with E-state index in [1.807, 2.05) is 23.7 Å². The summed E-state index contributed by atoms with van der Waals surface area (Å²) in [5.74, 6) is -0.186. The van der Waals surface area contributed by atoms with Crippen LogP contribution in [0.1, 0.15) is 19.2 Å². The first-order valence-electron chi connectivity index (χ1n) is 7.68. The molecule has 7 nitrogen and oxygen atoms in total. The number of carbonyl (C=O) groups excluding carboxylic acids is 1. The van der Waals surface area contributed by atoms with Crippen molar-refractivity contribution in [3.63, 3.8) is 0 Å². The standard InChI is InChI=1S/C16H19ClN4O3/c1-16(14(22)23)6-7-21(9-16)15(24)18-8-12-19-11-5-3-4-10(17)13(11)20(12)2/h3-5H,6-9H2,1-2H3,(H,18,24)(H,22,23). The molecule has 0 aliphatic carbocycles. The van der Waals surface area contributed by atoms with E-state index in [9.17, 15) is 14.7 Å². The number of nitrogens with one attached hydrogen (secondary N) is 1. The number of aliphatic carboxylic acids is 1. The number of carboxylic acid groups (broad SMARTS) is 1. The number of halogens is 1. The summed E-state index contributed by atoms with van der Waals surface area (Å²) in [6.07, 6.45) is 0.456. The Kier molecular flexibility index (Phi) is 4.13. The van der Waals surface area contributed by atoms with Gasteiger partial charge in [-0.15, -0.1) is 0 Å². The molecule has 1 aromatic heterocycles. The summed E-state index contributed by atoms with van der Waals surface area (Å²) in [6.45, 7) is 2.56. The van der Waals surface area contributed by atoms with Gasteiger partial charge in [-0.3, -0.25) is 4.79 Å². The fraction of sp³-hybridized carbons (Fsp3) is 0.438. The number of fused-ring (bicyclic) bond motifs is 1. The van der Waals surface area contributed by atoms with Gasteiger partial charge in [-0.05, 0) is 25.5 Å². The van der Waals surface area contributed by atoms with E-state index in [4.69, 9.17) is 11.6 Å². The Morgan fingerprint density at radius 1 is 1.46 bits per heavy atom. The lowest BCUT2D eigenvalue weighted by atomic mass is 9.90. The summed E-state index contributed by atoms with van der Waals surface area (Å²) in [5.41, 5.74) is 0.722. The van der Waals surface area contributed by atoms with E-state index in [0.29, 0.717) is 23.8 Å². The number of carboxylic acids is 1. The number of carbonyl (C=O) groups is 2. The number of hydrogen-bond acceptors (Lipinski definition) is 3. The third-order valence-corrected chi connectivity index (χ3v) is 4.92. The lowest BCUT2D eigenvalue weighted by molar-refractivity contribution is -0.147. The maximum absolute atomic E-state index is 12.3. The van der Waals surface area contributed by atoms with Gasteiger partial charge in [0.05, 0.1) is 28.0 Å². The maximum atomic E-state index is 12.3. The molecule has 1 aliphatic heterocycles. The molecule has 1 fully saturated rings. The van der Waals surface area contributed by atoms with Crippen LogP contribution in [0.4, 0.5) is 4.79 Å². The second kappa shape index (κ2) is 5.98. The Morgan fingerprint density at radius 3 is 2.83 bits per heavy atom. The molecule has 2 amide bonds. The number of hydrogen-bond donors (Lipinski definition) is 2. The topological polar surface area (TPSA) is 87.5 Å². The highest BCUT2D eigenvalue weighted by molar-refractivity contribution is 6.35. The second-order valence-electron chi connectivity index (χ2n) is 6.39. The molecular weight excluding hydrogens is 332 g/mol. The van der Waals surface area contributed by atoms with Gasteiger partial charge in [0.1, 0.15) is 5.82 Å². The lowest BCUT2D eigenvalue weighted by Crippen LogP contribution is -2.40. The molecule has 24 heavy (non-hydrogen) atoms. The molecule has 0 spiro atoms. The summed E-state index contributed by atoms with van der Waals surface area (Å²) in [4.78, 5) is 29.6. The van der Waals surface area contributed by atoms with Crippen LogP contribution in [-0.2, 0) is 18.4 Å². The molecule has 2 N–H and O–H groups in total. The van der Waals surface area contributed by atoms with Crippen LogP contribution in [0.25, 0.3) is 11.0 Å². The van der Waals surface area contributed by atoms with Gasteiger partial charge in [-0.1, -0.05) is 17.7 Å². The van der Waals surface area contributed by atoms with Crippen molar-refractivity contribution in [3.05, 3.63) is 29.0 Å². The largest absolute Gasteiger partial charge is 0.481 e. The number of amides is 2. The smallest absolute Gasteiger partial charge is 0.317 e. The van der Waals surface area contributed by atoms with Crippen LogP contribution < -0.4 is 5.32 Å². The number of aromatic nitrogens is 2. The highest BCUT2D eigenvalue weighted by atomic mass is 35.5. The third kappa shape index (κ3) is 2.80. The minimum Gasteiger partial charge on any atom is -0.481 e. The maximum Gasteiger partial charge on any atom is 0.317 e. The van der Waals surface area contributed by atoms with Gasteiger partial charge < -0.3 is 19.9 Å². The van der Waals surface area contributed by atoms with Gasteiger partial charge in [0, 0.05) is 20.1 Å². The minimum atomic E-state index is -0.872. The summed E-state index contributed by atoms with van der Waals surface area (Å²) in [5, 5.41) is 12.7. The van der Waals surface area contributed by atoms with Crippen LogP contribution in [0.3, 0.4) is 0 Å². The van der Waals surface area contributed by atoms with E-state index in [-0.39, 0.29) is 19.1 Å². The SMILES string of the molecule is Cn1c(CNC(=O)N2CCC(C)(C(=O)O)C2)nc2cccc(Cl)c21. The zero-order chi connectivity index (χ0) is 17.5. The normalized spacial score (nSPS) is 20.5. The van der Waals surface area contributed by atoms with Gasteiger partial charge in [-0.25, -0.2) is 9.78 Å². The molecule has 0 saturated carbocycles. The number of para-hydroxylation sites is 1. The van der Waals surface area contributed by atoms with Crippen LogP contribution in [-0.4, -0.2) is 44.6 Å². The molecule has 0 bridgehead atoms. The Bertz CT molecular complexity index is 819. The third-order valence-electron chi connectivity index (χ3n) is 4.61. The molecule has 2 heterocycles. The monoisotopic (exact) mass is 350 g/mol. The van der Waals surface area contributed by atoms with Crippen molar-refractivity contribution in [2.24, 2.45) is 12.5 Å². The number of aryl methyl sites for hydroxylation is 1. The highest BCUT2D eigenvalue weighted by Gasteiger charge is 2.42. The van der Waals surface area contributed by atoms with Crippen LogP contribution in [0.5, 0.6) is 0 Å². The zero-order valence-corrected chi connectivity index (χ0v) is 14.3. The molecule has 128 valence electrons. The molecule has 1 aliphatic rings.